The van der Waals surface area contributed by atoms with Crippen LogP contribution >= 0.6 is 0 Å². The highest BCUT2D eigenvalue weighted by Crippen LogP contribution is 2.28. The molecule has 0 unspecified atom stereocenters. The summed E-state index contributed by atoms with van der Waals surface area (Å²) in [5.41, 5.74) is 3.13. The van der Waals surface area contributed by atoms with Gasteiger partial charge >= 0.3 is 0 Å². The summed E-state index contributed by atoms with van der Waals surface area (Å²) in [5, 5.41) is 2.87. The minimum Gasteiger partial charge on any atom is -0.493 e. The van der Waals surface area contributed by atoms with Crippen LogP contribution in [0.2, 0.25) is 0 Å². The minimum atomic E-state index is -0.168. The van der Waals surface area contributed by atoms with Crippen molar-refractivity contribution >= 4 is 5.91 Å². The van der Waals surface area contributed by atoms with Crippen LogP contribution in [0, 0.1) is 13.8 Å². The van der Waals surface area contributed by atoms with Crippen LogP contribution in [-0.4, -0.2) is 26.2 Å². The monoisotopic (exact) mass is 371 g/mol. The Morgan fingerprint density at radius 1 is 1.04 bits per heavy atom. The quantitative estimate of drug-likeness (QED) is 0.637. The highest BCUT2D eigenvalue weighted by atomic mass is 16.5. The first-order valence-electron chi connectivity index (χ1n) is 9.30. The molecule has 1 N–H and O–H groups in total. The summed E-state index contributed by atoms with van der Waals surface area (Å²) < 4.78 is 16.7. The van der Waals surface area contributed by atoms with Crippen molar-refractivity contribution in [1.29, 1.82) is 0 Å². The molecule has 0 aliphatic rings. The molecule has 0 radical (unpaired) electrons. The molecule has 0 aliphatic heterocycles. The van der Waals surface area contributed by atoms with Crippen molar-refractivity contribution in [2.45, 2.75) is 40.2 Å². The number of ether oxygens (including phenoxy) is 3. The van der Waals surface area contributed by atoms with Crippen molar-refractivity contribution in [3.8, 4) is 17.2 Å². The van der Waals surface area contributed by atoms with Crippen molar-refractivity contribution in [2.24, 2.45) is 0 Å². The third kappa shape index (κ3) is 6.20. The number of benzene rings is 2. The van der Waals surface area contributed by atoms with E-state index in [2.05, 4.69) is 12.2 Å². The second-order valence-electron chi connectivity index (χ2n) is 6.45. The lowest BCUT2D eigenvalue weighted by Gasteiger charge is -2.13. The molecule has 5 heteroatoms. The molecule has 0 aromatic heterocycles. The van der Waals surface area contributed by atoms with Gasteiger partial charge in [-0.3, -0.25) is 4.79 Å². The van der Waals surface area contributed by atoms with Crippen LogP contribution in [0.3, 0.4) is 0 Å². The first-order chi connectivity index (χ1) is 13.0. The summed E-state index contributed by atoms with van der Waals surface area (Å²) in [6.45, 7) is 7.18. The zero-order valence-electron chi connectivity index (χ0n) is 16.6. The van der Waals surface area contributed by atoms with Crippen molar-refractivity contribution in [1.82, 2.24) is 5.32 Å². The largest absolute Gasteiger partial charge is 0.493 e. The number of unbranched alkanes of at least 4 members (excludes halogenated alkanes) is 1. The molecule has 5 nitrogen and oxygen atoms in total. The Labute approximate surface area is 161 Å². The summed E-state index contributed by atoms with van der Waals surface area (Å²) in [7, 11) is 1.61. The number of carbonyl (C=O) groups is 1. The molecule has 2 aromatic rings. The molecule has 27 heavy (non-hydrogen) atoms. The van der Waals surface area contributed by atoms with Gasteiger partial charge in [0.2, 0.25) is 0 Å². The molecule has 0 atom stereocenters. The molecule has 0 spiro atoms. The Kier molecular flexibility index (Phi) is 7.99. The van der Waals surface area contributed by atoms with Gasteiger partial charge in [0.05, 0.1) is 13.7 Å². The van der Waals surface area contributed by atoms with Gasteiger partial charge in [0.1, 0.15) is 5.75 Å². The first-order valence-corrected chi connectivity index (χ1v) is 9.30. The van der Waals surface area contributed by atoms with Gasteiger partial charge in [-0.25, -0.2) is 0 Å². The second-order valence-corrected chi connectivity index (χ2v) is 6.45. The van der Waals surface area contributed by atoms with Gasteiger partial charge < -0.3 is 19.5 Å². The zero-order valence-corrected chi connectivity index (χ0v) is 16.6. The number of methoxy groups -OCH3 is 1. The molecular formula is C22H29NO4. The number of hydrogen-bond acceptors (Lipinski definition) is 4. The van der Waals surface area contributed by atoms with Gasteiger partial charge in [-0.05, 0) is 55.2 Å². The lowest BCUT2D eigenvalue weighted by atomic mass is 10.1. The molecule has 0 aliphatic carbocycles. The lowest BCUT2D eigenvalue weighted by molar-refractivity contribution is -0.123. The van der Waals surface area contributed by atoms with E-state index in [4.69, 9.17) is 14.2 Å². The molecule has 0 saturated heterocycles. The zero-order chi connectivity index (χ0) is 19.6. The second kappa shape index (κ2) is 10.5. The molecule has 1 amide bonds. The van der Waals surface area contributed by atoms with Crippen molar-refractivity contribution < 1.29 is 19.0 Å². The van der Waals surface area contributed by atoms with Gasteiger partial charge in [-0.15, -0.1) is 0 Å². The van der Waals surface area contributed by atoms with E-state index in [1.807, 2.05) is 50.2 Å². The molecule has 2 aromatic carbocycles. The third-order valence-electron chi connectivity index (χ3n) is 4.39. The average molecular weight is 371 g/mol. The normalized spacial score (nSPS) is 10.4. The summed E-state index contributed by atoms with van der Waals surface area (Å²) in [6, 6.07) is 11.5. The smallest absolute Gasteiger partial charge is 0.258 e. The van der Waals surface area contributed by atoms with Crippen LogP contribution in [0.25, 0.3) is 0 Å². The van der Waals surface area contributed by atoms with Crippen LogP contribution in [0.15, 0.2) is 36.4 Å². The predicted molar refractivity (Wildman–Crippen MR) is 107 cm³/mol. The van der Waals surface area contributed by atoms with Crippen molar-refractivity contribution in [3.05, 3.63) is 53.1 Å². The maximum Gasteiger partial charge on any atom is 0.258 e. The first kappa shape index (κ1) is 20.6. The SMILES string of the molecule is CCCCOc1ccc(CNC(=O)COc2cccc(C)c2C)cc1OC. The summed E-state index contributed by atoms with van der Waals surface area (Å²) in [6.07, 6.45) is 2.08. The van der Waals surface area contributed by atoms with Crippen LogP contribution in [0.5, 0.6) is 17.2 Å². The van der Waals surface area contributed by atoms with Crippen LogP contribution < -0.4 is 19.5 Å². The third-order valence-corrected chi connectivity index (χ3v) is 4.39. The molecular weight excluding hydrogens is 342 g/mol. The maximum absolute atomic E-state index is 12.1. The summed E-state index contributed by atoms with van der Waals surface area (Å²) in [5.74, 6) is 1.96. The fourth-order valence-electron chi connectivity index (χ4n) is 2.54. The van der Waals surface area contributed by atoms with E-state index in [1.54, 1.807) is 7.11 Å². The van der Waals surface area contributed by atoms with Gasteiger partial charge in [0.25, 0.3) is 5.91 Å². The van der Waals surface area contributed by atoms with Gasteiger partial charge in [0.15, 0.2) is 18.1 Å². The Morgan fingerprint density at radius 3 is 2.59 bits per heavy atom. The standard InChI is InChI=1S/C22H29NO4/c1-5-6-12-26-20-11-10-18(13-21(20)25-4)14-23-22(24)15-27-19-9-7-8-16(2)17(19)3/h7-11,13H,5-6,12,14-15H2,1-4H3,(H,23,24). The number of amides is 1. The fourth-order valence-corrected chi connectivity index (χ4v) is 2.54. The molecule has 0 bridgehead atoms. The molecule has 146 valence electrons. The highest BCUT2D eigenvalue weighted by Gasteiger charge is 2.09. The Morgan fingerprint density at radius 2 is 1.85 bits per heavy atom. The molecule has 0 saturated carbocycles. The molecule has 0 fully saturated rings. The van der Waals surface area contributed by atoms with E-state index in [0.717, 1.165) is 41.0 Å². The predicted octanol–water partition coefficient (Wildman–Crippen LogP) is 4.19. The van der Waals surface area contributed by atoms with Crippen LogP contribution in [0.4, 0.5) is 0 Å². The number of hydrogen-bond donors (Lipinski definition) is 1. The number of aryl methyl sites for hydroxylation is 1. The Balaban J connectivity index is 1.86. The average Bonchev–Trinajstić information content (AvgIpc) is 2.68. The number of carbonyl (C=O) groups excluding carboxylic acids is 1. The Bertz CT molecular complexity index is 758. The maximum atomic E-state index is 12.1. The van der Waals surface area contributed by atoms with Crippen LogP contribution in [-0.2, 0) is 11.3 Å². The number of rotatable bonds is 10. The van der Waals surface area contributed by atoms with E-state index in [0.29, 0.717) is 18.9 Å². The van der Waals surface area contributed by atoms with E-state index in [-0.39, 0.29) is 12.5 Å². The lowest BCUT2D eigenvalue weighted by Crippen LogP contribution is -2.28. The Hall–Kier alpha value is -2.69. The highest BCUT2D eigenvalue weighted by molar-refractivity contribution is 5.77. The van der Waals surface area contributed by atoms with E-state index in [1.165, 1.54) is 0 Å². The molecule has 0 heterocycles. The summed E-state index contributed by atoms with van der Waals surface area (Å²) in [4.78, 5) is 12.1. The minimum absolute atomic E-state index is 0.0142. The number of nitrogens with one attached hydrogen (secondary N) is 1. The summed E-state index contributed by atoms with van der Waals surface area (Å²) >= 11 is 0. The van der Waals surface area contributed by atoms with E-state index >= 15 is 0 Å². The van der Waals surface area contributed by atoms with Crippen molar-refractivity contribution in [3.63, 3.8) is 0 Å². The van der Waals surface area contributed by atoms with Gasteiger partial charge in [-0.2, -0.15) is 0 Å². The van der Waals surface area contributed by atoms with E-state index < -0.39 is 0 Å². The van der Waals surface area contributed by atoms with E-state index in [9.17, 15) is 4.79 Å². The van der Waals surface area contributed by atoms with Gasteiger partial charge in [-0.1, -0.05) is 31.5 Å². The molecule has 2 rings (SSSR count). The van der Waals surface area contributed by atoms with Crippen LogP contribution in [0.1, 0.15) is 36.5 Å². The van der Waals surface area contributed by atoms with Gasteiger partial charge in [0, 0.05) is 6.54 Å². The fraction of sp³-hybridized carbons (Fsp3) is 0.409. The topological polar surface area (TPSA) is 56.8 Å². The van der Waals surface area contributed by atoms with Crippen molar-refractivity contribution in [2.75, 3.05) is 20.3 Å².